The van der Waals surface area contributed by atoms with Crippen LogP contribution in [0, 0.1) is 0 Å². The molecule has 1 fully saturated rings. The molecule has 0 saturated carbocycles. The molecular formula is C21H27N2O3S+. The molecule has 0 atom stereocenters. The molecule has 0 aliphatic carbocycles. The second kappa shape index (κ2) is 8.67. The number of hydrogen-bond donors (Lipinski definition) is 2. The molecule has 1 saturated heterocycles. The van der Waals surface area contributed by atoms with Gasteiger partial charge in [-0.15, -0.1) is 0 Å². The summed E-state index contributed by atoms with van der Waals surface area (Å²) in [6.45, 7) is 4.08. The Kier molecular flexibility index (Phi) is 6.29. The summed E-state index contributed by atoms with van der Waals surface area (Å²) in [4.78, 5) is 13.9. The number of hydrogen-bond acceptors (Lipinski definition) is 3. The Morgan fingerprint density at radius 3 is 2.07 bits per heavy atom. The average molecular weight is 388 g/mol. The fourth-order valence-electron chi connectivity index (χ4n) is 3.45. The number of amides is 1. The van der Waals surface area contributed by atoms with E-state index in [1.807, 2.05) is 0 Å². The molecule has 1 heterocycles. The molecule has 1 amide bonds. The summed E-state index contributed by atoms with van der Waals surface area (Å²) < 4.78 is 22.6. The van der Waals surface area contributed by atoms with Gasteiger partial charge in [0.1, 0.15) is 6.54 Å². The molecule has 6 heteroatoms. The van der Waals surface area contributed by atoms with Crippen LogP contribution in [0.15, 0.2) is 48.5 Å². The highest BCUT2D eigenvalue weighted by atomic mass is 32.2. The van der Waals surface area contributed by atoms with E-state index >= 15 is 0 Å². The van der Waals surface area contributed by atoms with Crippen LogP contribution >= 0.6 is 0 Å². The van der Waals surface area contributed by atoms with Crippen molar-refractivity contribution in [1.82, 2.24) is 5.32 Å². The first-order valence-electron chi connectivity index (χ1n) is 9.35. The van der Waals surface area contributed by atoms with Gasteiger partial charge >= 0.3 is 0 Å². The first-order chi connectivity index (χ1) is 12.9. The highest BCUT2D eigenvalue weighted by Crippen LogP contribution is 2.09. The van der Waals surface area contributed by atoms with Crippen molar-refractivity contribution in [1.29, 1.82) is 0 Å². The summed E-state index contributed by atoms with van der Waals surface area (Å²) in [5.41, 5.74) is 3.62. The van der Waals surface area contributed by atoms with Crippen LogP contribution in [0.25, 0.3) is 0 Å². The van der Waals surface area contributed by atoms with Gasteiger partial charge in [-0.3, -0.25) is 4.79 Å². The Balaban J connectivity index is 1.51. The molecule has 0 bridgehead atoms. The van der Waals surface area contributed by atoms with Gasteiger partial charge in [0.25, 0.3) is 5.91 Å². The van der Waals surface area contributed by atoms with Crippen LogP contribution in [-0.4, -0.2) is 33.7 Å². The van der Waals surface area contributed by atoms with Crippen molar-refractivity contribution in [2.75, 3.05) is 19.3 Å². The third-order valence-corrected chi connectivity index (χ3v) is 5.74. The lowest BCUT2D eigenvalue weighted by Crippen LogP contribution is -3.08. The normalized spacial score (nSPS) is 15.0. The monoisotopic (exact) mass is 387 g/mol. The summed E-state index contributed by atoms with van der Waals surface area (Å²) in [5.74, 6) is -0.174. The molecule has 144 valence electrons. The van der Waals surface area contributed by atoms with Gasteiger partial charge in [0.2, 0.25) is 0 Å². The van der Waals surface area contributed by atoms with Crippen molar-refractivity contribution in [3.8, 4) is 0 Å². The van der Waals surface area contributed by atoms with Crippen LogP contribution < -0.4 is 10.2 Å². The van der Waals surface area contributed by atoms with Gasteiger partial charge in [-0.2, -0.15) is 0 Å². The van der Waals surface area contributed by atoms with Gasteiger partial charge in [-0.25, -0.2) is 8.42 Å². The lowest BCUT2D eigenvalue weighted by atomic mass is 10.1. The molecule has 5 nitrogen and oxygen atoms in total. The molecule has 0 unspecified atom stereocenters. The maximum atomic E-state index is 12.3. The van der Waals surface area contributed by atoms with Crippen molar-refractivity contribution in [3.05, 3.63) is 70.8 Å². The van der Waals surface area contributed by atoms with E-state index in [2.05, 4.69) is 29.6 Å². The summed E-state index contributed by atoms with van der Waals surface area (Å²) in [6.07, 6.45) is 3.86. The van der Waals surface area contributed by atoms with E-state index in [4.69, 9.17) is 0 Å². The molecule has 0 aromatic heterocycles. The first-order valence-corrected chi connectivity index (χ1v) is 11.4. The number of carbonyl (C=O) groups excluding carboxylic acids is 1. The highest BCUT2D eigenvalue weighted by Gasteiger charge is 2.15. The van der Waals surface area contributed by atoms with Crippen molar-refractivity contribution in [2.24, 2.45) is 0 Å². The van der Waals surface area contributed by atoms with Gasteiger partial charge in [0.15, 0.2) is 9.84 Å². The number of quaternary nitrogens is 1. The molecule has 0 radical (unpaired) electrons. The van der Waals surface area contributed by atoms with E-state index in [9.17, 15) is 13.2 Å². The molecule has 1 aliphatic rings. The average Bonchev–Trinajstić information content (AvgIpc) is 3.13. The lowest BCUT2D eigenvalue weighted by molar-refractivity contribution is -0.901. The van der Waals surface area contributed by atoms with Gasteiger partial charge in [0.05, 0.1) is 18.8 Å². The zero-order chi connectivity index (χ0) is 19.3. The summed E-state index contributed by atoms with van der Waals surface area (Å²) in [6, 6.07) is 15.1. The lowest BCUT2D eigenvalue weighted by Gasteiger charge is -2.12. The van der Waals surface area contributed by atoms with Crippen LogP contribution in [0.3, 0.4) is 0 Å². The standard InChI is InChI=1S/C21H26N2O3S/c1-27(25,26)16-19-8-10-20(11-9-19)21(24)22-14-17-4-6-18(7-5-17)15-23-12-2-3-13-23/h4-11H,2-3,12-16H2,1H3,(H,22,24)/p+1. The topological polar surface area (TPSA) is 67.7 Å². The van der Waals surface area contributed by atoms with Crippen LogP contribution in [-0.2, 0) is 28.7 Å². The van der Waals surface area contributed by atoms with Crippen LogP contribution in [0.5, 0.6) is 0 Å². The minimum Gasteiger partial charge on any atom is -0.348 e. The number of benzene rings is 2. The predicted molar refractivity (Wildman–Crippen MR) is 106 cm³/mol. The van der Waals surface area contributed by atoms with Crippen molar-refractivity contribution in [2.45, 2.75) is 31.7 Å². The molecular weight excluding hydrogens is 360 g/mol. The third-order valence-electron chi connectivity index (χ3n) is 4.89. The minimum atomic E-state index is -3.07. The van der Waals surface area contributed by atoms with Crippen molar-refractivity contribution < 1.29 is 18.1 Å². The highest BCUT2D eigenvalue weighted by molar-refractivity contribution is 7.89. The molecule has 27 heavy (non-hydrogen) atoms. The Morgan fingerprint density at radius 2 is 1.48 bits per heavy atom. The van der Waals surface area contributed by atoms with E-state index in [1.165, 1.54) is 37.8 Å². The number of nitrogens with one attached hydrogen (secondary N) is 2. The maximum absolute atomic E-state index is 12.3. The molecule has 2 aromatic carbocycles. The zero-order valence-corrected chi connectivity index (χ0v) is 16.5. The van der Waals surface area contributed by atoms with Crippen LogP contribution in [0.2, 0.25) is 0 Å². The smallest absolute Gasteiger partial charge is 0.251 e. The van der Waals surface area contributed by atoms with Crippen molar-refractivity contribution in [3.63, 3.8) is 0 Å². The Labute approximate surface area is 161 Å². The quantitative estimate of drug-likeness (QED) is 0.753. The molecule has 0 spiro atoms. The number of sulfone groups is 1. The van der Waals surface area contributed by atoms with Gasteiger partial charge < -0.3 is 10.2 Å². The van der Waals surface area contributed by atoms with E-state index in [-0.39, 0.29) is 11.7 Å². The predicted octanol–water partition coefficient (Wildman–Crippen LogP) is 1.34. The zero-order valence-electron chi connectivity index (χ0n) is 15.7. The first kappa shape index (κ1) is 19.6. The largest absolute Gasteiger partial charge is 0.348 e. The van der Waals surface area contributed by atoms with E-state index in [0.717, 1.165) is 12.1 Å². The maximum Gasteiger partial charge on any atom is 0.251 e. The second-order valence-electron chi connectivity index (χ2n) is 7.40. The molecule has 1 aliphatic heterocycles. The second-order valence-corrected chi connectivity index (χ2v) is 9.54. The molecule has 3 rings (SSSR count). The molecule has 2 N–H and O–H groups in total. The summed E-state index contributed by atoms with van der Waals surface area (Å²) in [7, 11) is -3.07. The third kappa shape index (κ3) is 6.19. The fourth-order valence-corrected chi connectivity index (χ4v) is 4.25. The van der Waals surface area contributed by atoms with Crippen molar-refractivity contribution >= 4 is 15.7 Å². The van der Waals surface area contributed by atoms with Gasteiger partial charge in [-0.05, 0) is 23.3 Å². The Bertz CT molecular complexity index is 869. The van der Waals surface area contributed by atoms with Gasteiger partial charge in [0, 0.05) is 36.8 Å². The SMILES string of the molecule is CS(=O)(=O)Cc1ccc(C(=O)NCc2ccc(C[NH+]3CCCC3)cc2)cc1. The summed E-state index contributed by atoms with van der Waals surface area (Å²) in [5, 5.41) is 2.91. The summed E-state index contributed by atoms with van der Waals surface area (Å²) >= 11 is 0. The Hall–Kier alpha value is -2.18. The van der Waals surface area contributed by atoms with E-state index in [0.29, 0.717) is 17.7 Å². The number of carbonyl (C=O) groups is 1. The van der Waals surface area contributed by atoms with E-state index < -0.39 is 9.84 Å². The van der Waals surface area contributed by atoms with Crippen LogP contribution in [0.1, 0.15) is 39.9 Å². The fraction of sp³-hybridized carbons (Fsp3) is 0.381. The van der Waals surface area contributed by atoms with E-state index in [1.54, 1.807) is 29.2 Å². The Morgan fingerprint density at radius 1 is 0.926 bits per heavy atom. The molecule has 2 aromatic rings. The minimum absolute atomic E-state index is 0.0135. The van der Waals surface area contributed by atoms with Crippen LogP contribution in [0.4, 0.5) is 0 Å². The number of likely N-dealkylation sites (tertiary alicyclic amines) is 1. The van der Waals surface area contributed by atoms with Gasteiger partial charge in [-0.1, -0.05) is 36.4 Å². The number of rotatable bonds is 7.